The minimum atomic E-state index is 0.756. The molecule has 1 nitrogen and oxygen atoms in total. The van der Waals surface area contributed by atoms with Crippen molar-refractivity contribution in [3.8, 4) is 0 Å². The van der Waals surface area contributed by atoms with Crippen molar-refractivity contribution in [2.75, 3.05) is 6.61 Å². The Bertz CT molecular complexity index is 279. The van der Waals surface area contributed by atoms with Gasteiger partial charge in [-0.25, -0.2) is 0 Å². The van der Waals surface area contributed by atoms with Crippen LogP contribution >= 0.6 is 0 Å². The van der Waals surface area contributed by atoms with Crippen LogP contribution in [0.5, 0.6) is 0 Å². The van der Waals surface area contributed by atoms with Crippen LogP contribution in [0, 0.1) is 13.8 Å². The molecule has 78 valence electrons. The van der Waals surface area contributed by atoms with E-state index in [2.05, 4.69) is 39.0 Å². The second-order valence-electron chi connectivity index (χ2n) is 3.84. The van der Waals surface area contributed by atoms with Gasteiger partial charge in [-0.3, -0.25) is 0 Å². The van der Waals surface area contributed by atoms with Crippen molar-refractivity contribution in [2.24, 2.45) is 0 Å². The van der Waals surface area contributed by atoms with Gasteiger partial charge in [0, 0.05) is 6.61 Å². The summed E-state index contributed by atoms with van der Waals surface area (Å²) in [4.78, 5) is 0. The molecule has 0 aromatic heterocycles. The number of rotatable bonds is 5. The molecule has 14 heavy (non-hydrogen) atoms. The quantitative estimate of drug-likeness (QED) is 0.647. The first-order chi connectivity index (χ1) is 6.74. The van der Waals surface area contributed by atoms with Crippen LogP contribution in [0.15, 0.2) is 18.2 Å². The smallest absolute Gasteiger partial charge is 0.0719 e. The minimum Gasteiger partial charge on any atom is -0.377 e. The van der Waals surface area contributed by atoms with Crippen molar-refractivity contribution in [1.82, 2.24) is 0 Å². The van der Waals surface area contributed by atoms with Crippen LogP contribution in [0.2, 0.25) is 0 Å². The van der Waals surface area contributed by atoms with Gasteiger partial charge >= 0.3 is 0 Å². The molecule has 0 aliphatic heterocycles. The lowest BCUT2D eigenvalue weighted by molar-refractivity contribution is 0.117. The zero-order chi connectivity index (χ0) is 10.4. The van der Waals surface area contributed by atoms with Gasteiger partial charge in [0.15, 0.2) is 0 Å². The van der Waals surface area contributed by atoms with Crippen LogP contribution in [0.4, 0.5) is 0 Å². The average molecular weight is 192 g/mol. The van der Waals surface area contributed by atoms with Gasteiger partial charge in [-0.2, -0.15) is 0 Å². The van der Waals surface area contributed by atoms with Gasteiger partial charge in [-0.15, -0.1) is 0 Å². The molecule has 0 N–H and O–H groups in total. The number of hydrogen-bond acceptors (Lipinski definition) is 1. The average Bonchev–Trinajstić information content (AvgIpc) is 2.15. The predicted molar refractivity (Wildman–Crippen MR) is 60.5 cm³/mol. The Labute approximate surface area is 87.1 Å². The number of benzene rings is 1. The highest BCUT2D eigenvalue weighted by molar-refractivity contribution is 5.29. The molecule has 0 bridgehead atoms. The van der Waals surface area contributed by atoms with E-state index in [9.17, 15) is 0 Å². The van der Waals surface area contributed by atoms with E-state index in [4.69, 9.17) is 4.74 Å². The largest absolute Gasteiger partial charge is 0.377 e. The maximum absolute atomic E-state index is 5.58. The molecule has 0 atom stereocenters. The summed E-state index contributed by atoms with van der Waals surface area (Å²) in [5, 5.41) is 0. The predicted octanol–water partition coefficient (Wildman–Crippen LogP) is 3.62. The van der Waals surface area contributed by atoms with E-state index in [0.717, 1.165) is 19.6 Å². The third-order valence-electron chi connectivity index (χ3n) is 2.40. The Morgan fingerprint density at radius 3 is 2.64 bits per heavy atom. The Morgan fingerprint density at radius 1 is 1.21 bits per heavy atom. The summed E-state index contributed by atoms with van der Waals surface area (Å²) in [5.74, 6) is 0. The van der Waals surface area contributed by atoms with Crippen molar-refractivity contribution in [2.45, 2.75) is 40.2 Å². The number of hydrogen-bond donors (Lipinski definition) is 0. The molecule has 0 saturated heterocycles. The molecule has 1 rings (SSSR count). The Balaban J connectivity index is 2.42. The Hall–Kier alpha value is -0.820. The Morgan fingerprint density at radius 2 is 2.00 bits per heavy atom. The summed E-state index contributed by atoms with van der Waals surface area (Å²) in [6, 6.07) is 6.51. The molecule has 0 amide bonds. The summed E-state index contributed by atoms with van der Waals surface area (Å²) in [6.07, 6.45) is 2.36. The first-order valence-electron chi connectivity index (χ1n) is 5.38. The molecule has 0 aliphatic rings. The van der Waals surface area contributed by atoms with Gasteiger partial charge in [0.05, 0.1) is 6.61 Å². The topological polar surface area (TPSA) is 9.23 Å². The van der Waals surface area contributed by atoms with E-state index >= 15 is 0 Å². The molecule has 1 heteroatoms. The fraction of sp³-hybridized carbons (Fsp3) is 0.538. The van der Waals surface area contributed by atoms with E-state index in [1.165, 1.54) is 23.1 Å². The second kappa shape index (κ2) is 5.82. The zero-order valence-corrected chi connectivity index (χ0v) is 9.47. The maximum Gasteiger partial charge on any atom is 0.0719 e. The van der Waals surface area contributed by atoms with Gasteiger partial charge in [-0.05, 0) is 31.4 Å². The monoisotopic (exact) mass is 192 g/mol. The highest BCUT2D eigenvalue weighted by atomic mass is 16.5. The molecular formula is C13H20O. The second-order valence-corrected chi connectivity index (χ2v) is 3.84. The third-order valence-corrected chi connectivity index (χ3v) is 2.40. The van der Waals surface area contributed by atoms with Gasteiger partial charge < -0.3 is 4.74 Å². The summed E-state index contributed by atoms with van der Waals surface area (Å²) >= 11 is 0. The van der Waals surface area contributed by atoms with Crippen LogP contribution in [-0.2, 0) is 11.3 Å². The first kappa shape index (κ1) is 11.3. The summed E-state index contributed by atoms with van der Waals surface area (Å²) in [6.45, 7) is 8.08. The number of ether oxygens (including phenoxy) is 1. The SMILES string of the molecule is CCCCOCc1ccc(C)cc1C. The summed E-state index contributed by atoms with van der Waals surface area (Å²) in [7, 11) is 0. The van der Waals surface area contributed by atoms with E-state index < -0.39 is 0 Å². The number of unbranched alkanes of at least 4 members (excludes halogenated alkanes) is 1. The summed E-state index contributed by atoms with van der Waals surface area (Å²) in [5.41, 5.74) is 3.97. The van der Waals surface area contributed by atoms with Crippen molar-refractivity contribution < 1.29 is 4.74 Å². The fourth-order valence-electron chi connectivity index (χ4n) is 1.44. The van der Waals surface area contributed by atoms with Crippen molar-refractivity contribution in [3.63, 3.8) is 0 Å². The van der Waals surface area contributed by atoms with Crippen molar-refractivity contribution in [1.29, 1.82) is 0 Å². The van der Waals surface area contributed by atoms with Crippen molar-refractivity contribution in [3.05, 3.63) is 34.9 Å². The highest BCUT2D eigenvalue weighted by Crippen LogP contribution is 2.11. The van der Waals surface area contributed by atoms with Gasteiger partial charge in [0.25, 0.3) is 0 Å². The lowest BCUT2D eigenvalue weighted by Gasteiger charge is -2.07. The first-order valence-corrected chi connectivity index (χ1v) is 5.38. The van der Waals surface area contributed by atoms with Crippen molar-refractivity contribution >= 4 is 0 Å². The number of aryl methyl sites for hydroxylation is 2. The summed E-state index contributed by atoms with van der Waals surface area (Å²) < 4.78 is 5.58. The van der Waals surface area contributed by atoms with Gasteiger partial charge in [0.1, 0.15) is 0 Å². The van der Waals surface area contributed by atoms with Crippen LogP contribution in [0.25, 0.3) is 0 Å². The standard InChI is InChI=1S/C13H20O/c1-4-5-8-14-10-13-7-6-11(2)9-12(13)3/h6-7,9H,4-5,8,10H2,1-3H3. The molecule has 0 heterocycles. The maximum atomic E-state index is 5.58. The Kier molecular flexibility index (Phi) is 4.68. The molecule has 0 unspecified atom stereocenters. The molecule has 1 aromatic carbocycles. The van der Waals surface area contributed by atoms with E-state index in [1.54, 1.807) is 0 Å². The van der Waals surface area contributed by atoms with Gasteiger partial charge in [0.2, 0.25) is 0 Å². The van der Waals surface area contributed by atoms with E-state index in [-0.39, 0.29) is 0 Å². The van der Waals surface area contributed by atoms with Crippen LogP contribution in [-0.4, -0.2) is 6.61 Å². The normalized spacial score (nSPS) is 10.5. The third kappa shape index (κ3) is 3.51. The van der Waals surface area contributed by atoms with Crippen LogP contribution in [0.1, 0.15) is 36.5 Å². The molecule has 1 aromatic rings. The fourth-order valence-corrected chi connectivity index (χ4v) is 1.44. The van der Waals surface area contributed by atoms with E-state index in [0.29, 0.717) is 0 Å². The minimum absolute atomic E-state index is 0.756. The molecule has 0 saturated carbocycles. The molecule has 0 fully saturated rings. The van der Waals surface area contributed by atoms with Crippen LogP contribution < -0.4 is 0 Å². The zero-order valence-electron chi connectivity index (χ0n) is 9.47. The molecular weight excluding hydrogens is 172 g/mol. The molecule has 0 aliphatic carbocycles. The van der Waals surface area contributed by atoms with Crippen LogP contribution in [0.3, 0.4) is 0 Å². The highest BCUT2D eigenvalue weighted by Gasteiger charge is 1.97. The molecule has 0 radical (unpaired) electrons. The lowest BCUT2D eigenvalue weighted by Crippen LogP contribution is -1.97. The van der Waals surface area contributed by atoms with E-state index in [1.807, 2.05) is 0 Å². The molecule has 0 spiro atoms. The lowest BCUT2D eigenvalue weighted by atomic mass is 10.1. The van der Waals surface area contributed by atoms with Gasteiger partial charge in [-0.1, -0.05) is 37.1 Å².